The summed E-state index contributed by atoms with van der Waals surface area (Å²) in [6.45, 7) is 3.80. The number of phosphoric acid groups is 1. The molecule has 0 fully saturated rings. The maximum Gasteiger partial charge on any atom is 0.472 e. The van der Waals surface area contributed by atoms with Crippen molar-refractivity contribution in [2.24, 2.45) is 5.73 Å². The van der Waals surface area contributed by atoms with Crippen molar-refractivity contribution < 1.29 is 37.6 Å². The first-order chi connectivity index (χ1) is 39.8. The number of ether oxygens (including phenoxy) is 2. The van der Waals surface area contributed by atoms with E-state index >= 15 is 0 Å². The summed E-state index contributed by atoms with van der Waals surface area (Å²) in [4.78, 5) is 35.3. The molecule has 0 aliphatic rings. The lowest BCUT2D eigenvalue weighted by Crippen LogP contribution is -2.29. The molecule has 0 aliphatic heterocycles. The van der Waals surface area contributed by atoms with E-state index in [9.17, 15) is 19.0 Å². The fraction of sp³-hybridized carbons (Fsp3) is 0.887. The molecule has 0 aliphatic carbocycles. The smallest absolute Gasteiger partial charge is 0.462 e. The van der Waals surface area contributed by atoms with Crippen LogP contribution in [-0.2, 0) is 32.7 Å². The summed E-state index contributed by atoms with van der Waals surface area (Å²) in [7, 11) is -4.39. The van der Waals surface area contributed by atoms with Crippen LogP contribution in [0.3, 0.4) is 0 Å². The third-order valence-corrected chi connectivity index (χ3v) is 17.0. The van der Waals surface area contributed by atoms with Crippen molar-refractivity contribution in [2.45, 2.75) is 380 Å². The van der Waals surface area contributed by atoms with Gasteiger partial charge in [-0.25, -0.2) is 4.57 Å². The molecule has 2 unspecified atom stereocenters. The van der Waals surface area contributed by atoms with Gasteiger partial charge in [-0.3, -0.25) is 18.6 Å². The van der Waals surface area contributed by atoms with Gasteiger partial charge < -0.3 is 20.1 Å². The largest absolute Gasteiger partial charge is 0.472 e. The highest BCUT2D eigenvalue weighted by atomic mass is 31.2. The molecule has 3 N–H and O–H groups in total. The molecule has 0 rings (SSSR count). The highest BCUT2D eigenvalue weighted by Gasteiger charge is 2.26. The van der Waals surface area contributed by atoms with Gasteiger partial charge in [-0.05, 0) is 70.6 Å². The fourth-order valence-corrected chi connectivity index (χ4v) is 11.5. The quantitative estimate of drug-likeness (QED) is 0.0264. The molecule has 0 aromatic carbocycles. The topological polar surface area (TPSA) is 134 Å². The number of nitrogens with two attached hydrogens (primary N) is 1. The van der Waals surface area contributed by atoms with E-state index in [0.29, 0.717) is 6.42 Å². The van der Waals surface area contributed by atoms with Gasteiger partial charge in [-0.15, -0.1) is 0 Å². The molecule has 0 radical (unpaired) electrons. The Morgan fingerprint density at radius 2 is 0.642 bits per heavy atom. The highest BCUT2D eigenvalue weighted by molar-refractivity contribution is 7.47. The van der Waals surface area contributed by atoms with E-state index in [1.165, 1.54) is 295 Å². The Bertz CT molecular complexity index is 1420. The Balaban J connectivity index is 3.78. The van der Waals surface area contributed by atoms with Gasteiger partial charge in [0.2, 0.25) is 0 Å². The van der Waals surface area contributed by atoms with Crippen LogP contribution in [0.5, 0.6) is 0 Å². The third kappa shape index (κ3) is 67.2. The zero-order valence-electron chi connectivity index (χ0n) is 53.8. The van der Waals surface area contributed by atoms with Crippen LogP contribution in [0.2, 0.25) is 0 Å². The maximum atomic E-state index is 12.7. The first-order valence-electron chi connectivity index (χ1n) is 35.5. The number of hydrogen-bond acceptors (Lipinski definition) is 8. The summed E-state index contributed by atoms with van der Waals surface area (Å²) in [5.41, 5.74) is 5.40. The number of unbranched alkanes of at least 4 members (excludes halogenated alkanes) is 49. The minimum absolute atomic E-state index is 0.0549. The lowest BCUT2D eigenvalue weighted by molar-refractivity contribution is -0.161. The van der Waals surface area contributed by atoms with Gasteiger partial charge in [0.15, 0.2) is 6.10 Å². The second kappa shape index (κ2) is 67.4. The third-order valence-electron chi connectivity index (χ3n) is 16.0. The number of rotatable bonds is 68. The van der Waals surface area contributed by atoms with Crippen molar-refractivity contribution in [1.29, 1.82) is 0 Å². The maximum absolute atomic E-state index is 12.7. The van der Waals surface area contributed by atoms with Crippen LogP contribution < -0.4 is 5.73 Å². The summed E-state index contributed by atoms with van der Waals surface area (Å²) in [6.07, 6.45) is 84.0. The van der Waals surface area contributed by atoms with Gasteiger partial charge >= 0.3 is 19.8 Å². The van der Waals surface area contributed by atoms with Gasteiger partial charge in [-0.2, -0.15) is 0 Å². The SMILES string of the molecule is CCCCCCC/C=C\C/C=C\CCCCCCCCCCCCCC(=O)OC(COC(=O)CCCCCCCCCCCCCCCCCCCCCCCCCCC/C=C\CCCCCCCCCC)COP(=O)(O)OCCN. The van der Waals surface area contributed by atoms with Gasteiger partial charge in [0, 0.05) is 19.4 Å². The summed E-state index contributed by atoms with van der Waals surface area (Å²) in [6, 6.07) is 0. The average Bonchev–Trinajstić information content (AvgIpc) is 3.46. The van der Waals surface area contributed by atoms with Crippen LogP contribution in [0.25, 0.3) is 0 Å². The van der Waals surface area contributed by atoms with Crippen molar-refractivity contribution in [3.05, 3.63) is 36.5 Å². The fourth-order valence-electron chi connectivity index (χ4n) is 10.7. The molecule has 0 bridgehead atoms. The van der Waals surface area contributed by atoms with Crippen LogP contribution in [-0.4, -0.2) is 49.3 Å². The van der Waals surface area contributed by atoms with Crippen molar-refractivity contribution in [2.75, 3.05) is 26.4 Å². The monoisotopic (exact) mass is 1160 g/mol. The lowest BCUT2D eigenvalue weighted by Gasteiger charge is -2.19. The van der Waals surface area contributed by atoms with E-state index in [1.807, 2.05) is 0 Å². The highest BCUT2D eigenvalue weighted by Crippen LogP contribution is 2.43. The van der Waals surface area contributed by atoms with Crippen LogP contribution >= 0.6 is 7.82 Å². The molecule has 0 amide bonds. The van der Waals surface area contributed by atoms with Crippen molar-refractivity contribution in [1.82, 2.24) is 0 Å². The molecule has 0 saturated heterocycles. The molecule has 478 valence electrons. The minimum Gasteiger partial charge on any atom is -0.462 e. The van der Waals surface area contributed by atoms with Crippen molar-refractivity contribution in [3.63, 3.8) is 0 Å². The Labute approximate surface area is 503 Å². The van der Waals surface area contributed by atoms with Gasteiger partial charge in [0.25, 0.3) is 0 Å². The second-order valence-corrected chi connectivity index (χ2v) is 25.6. The molecular formula is C71H136NO8P. The average molecular weight is 1160 g/mol. The summed E-state index contributed by atoms with van der Waals surface area (Å²) in [5, 5.41) is 0. The lowest BCUT2D eigenvalue weighted by atomic mass is 10.0. The summed E-state index contributed by atoms with van der Waals surface area (Å²) < 4.78 is 33.2. The molecule has 0 aromatic rings. The first kappa shape index (κ1) is 79.2. The Kier molecular flexibility index (Phi) is 65.9. The van der Waals surface area contributed by atoms with Gasteiger partial charge in [0.1, 0.15) is 6.61 Å². The van der Waals surface area contributed by atoms with Crippen molar-refractivity contribution in [3.8, 4) is 0 Å². The molecule has 0 aromatic heterocycles. The predicted octanol–water partition coefficient (Wildman–Crippen LogP) is 23.1. The molecule has 2 atom stereocenters. The van der Waals surface area contributed by atoms with Crippen LogP contribution in [0, 0.1) is 0 Å². The van der Waals surface area contributed by atoms with Gasteiger partial charge in [0.05, 0.1) is 13.2 Å². The van der Waals surface area contributed by atoms with E-state index in [4.69, 9.17) is 24.3 Å². The van der Waals surface area contributed by atoms with Crippen LogP contribution in [0.4, 0.5) is 0 Å². The number of allylic oxidation sites excluding steroid dienone is 6. The Morgan fingerprint density at radius 3 is 0.951 bits per heavy atom. The van der Waals surface area contributed by atoms with E-state index in [0.717, 1.165) is 44.9 Å². The number of esters is 2. The summed E-state index contributed by atoms with van der Waals surface area (Å²) in [5.74, 6) is -0.810. The minimum atomic E-state index is -4.39. The normalized spacial score (nSPS) is 13.1. The Hall–Kier alpha value is -1.77. The summed E-state index contributed by atoms with van der Waals surface area (Å²) >= 11 is 0. The van der Waals surface area contributed by atoms with Crippen LogP contribution in [0.15, 0.2) is 36.5 Å². The predicted molar refractivity (Wildman–Crippen MR) is 349 cm³/mol. The van der Waals surface area contributed by atoms with E-state index in [-0.39, 0.29) is 38.6 Å². The molecule has 0 heterocycles. The molecule has 81 heavy (non-hydrogen) atoms. The van der Waals surface area contributed by atoms with Crippen molar-refractivity contribution >= 4 is 19.8 Å². The van der Waals surface area contributed by atoms with E-state index in [1.54, 1.807) is 0 Å². The Morgan fingerprint density at radius 1 is 0.370 bits per heavy atom. The van der Waals surface area contributed by atoms with Crippen LogP contribution in [0.1, 0.15) is 373 Å². The first-order valence-corrected chi connectivity index (χ1v) is 37.0. The molecule has 0 spiro atoms. The standard InChI is InChI=1S/C71H136NO8P/c1-3-5-7-9-11-13-15-17-19-21-23-25-27-28-29-30-31-32-33-34-35-36-37-38-39-40-42-43-45-47-49-51-53-55-57-59-61-63-70(73)77-67-69(68-79-81(75,76)78-66-65-72)80-71(74)64-62-60-58-56-54-52-50-48-46-44-41-26-24-22-20-18-16-14-12-10-8-6-4-2/h16,18,21-24,69H,3-15,17,19-20,25-68,72H2,1-2H3,(H,75,76)/b18-16-,23-21-,24-22-. The zero-order valence-corrected chi connectivity index (χ0v) is 54.7. The second-order valence-electron chi connectivity index (χ2n) is 24.1. The number of carbonyl (C=O) groups is 2. The molecule has 10 heteroatoms. The molecule has 9 nitrogen and oxygen atoms in total. The molecular weight excluding hydrogens is 1030 g/mol. The van der Waals surface area contributed by atoms with E-state index in [2.05, 4.69) is 50.3 Å². The zero-order chi connectivity index (χ0) is 58.7. The van der Waals surface area contributed by atoms with Gasteiger partial charge in [-0.1, -0.05) is 326 Å². The number of hydrogen-bond donors (Lipinski definition) is 2. The van der Waals surface area contributed by atoms with E-state index < -0.39 is 26.5 Å². The molecule has 0 saturated carbocycles. The number of carbonyl (C=O) groups excluding carboxylic acids is 2. The number of phosphoric ester groups is 1.